The van der Waals surface area contributed by atoms with Crippen molar-refractivity contribution in [1.82, 2.24) is 5.32 Å². The number of carbonyl (C=O) groups is 1. The average Bonchev–Trinajstić information content (AvgIpc) is 2.02. The van der Waals surface area contributed by atoms with Gasteiger partial charge in [0.15, 0.2) is 6.10 Å². The first kappa shape index (κ1) is 10.5. The molecule has 4 heteroatoms. The van der Waals surface area contributed by atoms with Crippen molar-refractivity contribution in [2.24, 2.45) is 0 Å². The van der Waals surface area contributed by atoms with Gasteiger partial charge in [0, 0.05) is 13.1 Å². The van der Waals surface area contributed by atoms with Gasteiger partial charge in [-0.1, -0.05) is 0 Å². The highest BCUT2D eigenvalue weighted by molar-refractivity contribution is 5.74. The SMILES string of the molecule is CCOC(=O)C(C)OC1(C)CNC1. The Balaban J connectivity index is 2.31. The van der Waals surface area contributed by atoms with E-state index in [-0.39, 0.29) is 11.6 Å². The highest BCUT2D eigenvalue weighted by atomic mass is 16.6. The highest BCUT2D eigenvalue weighted by Crippen LogP contribution is 2.18. The van der Waals surface area contributed by atoms with Gasteiger partial charge in [0.25, 0.3) is 0 Å². The van der Waals surface area contributed by atoms with E-state index in [1.165, 1.54) is 0 Å². The fourth-order valence-electron chi connectivity index (χ4n) is 1.29. The summed E-state index contributed by atoms with van der Waals surface area (Å²) in [6.45, 7) is 7.51. The second-order valence-electron chi connectivity index (χ2n) is 3.57. The summed E-state index contributed by atoms with van der Waals surface area (Å²) in [4.78, 5) is 11.2. The molecule has 76 valence electrons. The molecular weight excluding hydrogens is 170 g/mol. The Hall–Kier alpha value is -0.610. The van der Waals surface area contributed by atoms with E-state index in [2.05, 4.69) is 5.32 Å². The fourth-order valence-corrected chi connectivity index (χ4v) is 1.29. The first-order valence-corrected chi connectivity index (χ1v) is 4.62. The van der Waals surface area contributed by atoms with Crippen LogP contribution < -0.4 is 5.32 Å². The summed E-state index contributed by atoms with van der Waals surface area (Å²) in [5.74, 6) is -0.282. The molecule has 0 aliphatic carbocycles. The van der Waals surface area contributed by atoms with Crippen LogP contribution in [0, 0.1) is 0 Å². The minimum absolute atomic E-state index is 0.188. The van der Waals surface area contributed by atoms with Crippen molar-refractivity contribution in [3.8, 4) is 0 Å². The molecule has 4 nitrogen and oxygen atoms in total. The molecule has 13 heavy (non-hydrogen) atoms. The lowest BCUT2D eigenvalue weighted by molar-refractivity contribution is -0.171. The maximum absolute atomic E-state index is 11.2. The molecule has 1 unspecified atom stereocenters. The van der Waals surface area contributed by atoms with Crippen LogP contribution in [0.1, 0.15) is 20.8 Å². The Kier molecular flexibility index (Phi) is 3.27. The molecular formula is C9H17NO3. The number of nitrogens with one attached hydrogen (secondary N) is 1. The fraction of sp³-hybridized carbons (Fsp3) is 0.889. The molecule has 0 amide bonds. The van der Waals surface area contributed by atoms with Gasteiger partial charge < -0.3 is 14.8 Å². The van der Waals surface area contributed by atoms with Crippen molar-refractivity contribution < 1.29 is 14.3 Å². The zero-order chi connectivity index (χ0) is 9.90. The summed E-state index contributed by atoms with van der Waals surface area (Å²) in [5, 5.41) is 3.10. The van der Waals surface area contributed by atoms with Crippen molar-refractivity contribution in [2.75, 3.05) is 19.7 Å². The molecule has 1 aliphatic rings. The number of rotatable bonds is 4. The van der Waals surface area contributed by atoms with E-state index in [9.17, 15) is 4.79 Å². The van der Waals surface area contributed by atoms with E-state index < -0.39 is 6.10 Å². The molecule has 1 N–H and O–H groups in total. The molecule has 1 saturated heterocycles. The molecule has 0 aromatic heterocycles. The molecule has 0 radical (unpaired) electrons. The van der Waals surface area contributed by atoms with Crippen molar-refractivity contribution in [2.45, 2.75) is 32.5 Å². The summed E-state index contributed by atoms with van der Waals surface area (Å²) >= 11 is 0. The summed E-state index contributed by atoms with van der Waals surface area (Å²) in [6, 6.07) is 0. The molecule has 0 bridgehead atoms. The van der Waals surface area contributed by atoms with Gasteiger partial charge in [-0.15, -0.1) is 0 Å². The number of esters is 1. The molecule has 0 spiro atoms. The highest BCUT2D eigenvalue weighted by Gasteiger charge is 2.36. The van der Waals surface area contributed by atoms with Crippen LogP contribution >= 0.6 is 0 Å². The van der Waals surface area contributed by atoms with Gasteiger partial charge in [-0.05, 0) is 20.8 Å². The largest absolute Gasteiger partial charge is 0.464 e. The van der Waals surface area contributed by atoms with Crippen molar-refractivity contribution in [1.29, 1.82) is 0 Å². The van der Waals surface area contributed by atoms with E-state index >= 15 is 0 Å². The maximum atomic E-state index is 11.2. The minimum Gasteiger partial charge on any atom is -0.464 e. The zero-order valence-electron chi connectivity index (χ0n) is 8.42. The molecule has 1 atom stereocenters. The summed E-state index contributed by atoms with van der Waals surface area (Å²) in [6.07, 6.45) is -0.466. The topological polar surface area (TPSA) is 47.6 Å². The first-order valence-electron chi connectivity index (χ1n) is 4.62. The standard InChI is InChI=1S/C9H17NO3/c1-4-12-8(11)7(2)13-9(3)5-10-6-9/h7,10H,4-6H2,1-3H3. The number of hydrogen-bond donors (Lipinski definition) is 1. The molecule has 1 fully saturated rings. The van der Waals surface area contributed by atoms with E-state index in [0.29, 0.717) is 6.61 Å². The number of ether oxygens (including phenoxy) is 2. The lowest BCUT2D eigenvalue weighted by Crippen LogP contribution is -2.60. The monoisotopic (exact) mass is 187 g/mol. The van der Waals surface area contributed by atoms with E-state index in [0.717, 1.165) is 13.1 Å². The van der Waals surface area contributed by atoms with E-state index in [4.69, 9.17) is 9.47 Å². The predicted molar refractivity (Wildman–Crippen MR) is 48.5 cm³/mol. The Morgan fingerprint density at radius 2 is 2.23 bits per heavy atom. The quantitative estimate of drug-likeness (QED) is 0.644. The van der Waals surface area contributed by atoms with Crippen LogP contribution in [0.5, 0.6) is 0 Å². The molecule has 1 aliphatic heterocycles. The minimum atomic E-state index is -0.466. The predicted octanol–water partition coefficient (Wildman–Crippen LogP) is 0.317. The normalized spacial score (nSPS) is 21.8. The Morgan fingerprint density at radius 1 is 1.62 bits per heavy atom. The van der Waals surface area contributed by atoms with Crippen LogP contribution in [-0.4, -0.2) is 37.4 Å². The number of hydrogen-bond acceptors (Lipinski definition) is 4. The van der Waals surface area contributed by atoms with Gasteiger partial charge in [0.2, 0.25) is 0 Å². The van der Waals surface area contributed by atoms with Gasteiger partial charge in [0.05, 0.1) is 12.2 Å². The maximum Gasteiger partial charge on any atom is 0.334 e. The first-order chi connectivity index (χ1) is 6.07. The molecule has 1 rings (SSSR count). The summed E-state index contributed by atoms with van der Waals surface area (Å²) in [7, 11) is 0. The van der Waals surface area contributed by atoms with Crippen LogP contribution in [0.2, 0.25) is 0 Å². The lowest BCUT2D eigenvalue weighted by Gasteiger charge is -2.40. The van der Waals surface area contributed by atoms with E-state index in [1.54, 1.807) is 13.8 Å². The third-order valence-corrected chi connectivity index (χ3v) is 2.08. The van der Waals surface area contributed by atoms with Crippen LogP contribution in [-0.2, 0) is 14.3 Å². The molecule has 0 saturated carbocycles. The zero-order valence-corrected chi connectivity index (χ0v) is 8.42. The Labute approximate surface area is 78.6 Å². The average molecular weight is 187 g/mol. The second-order valence-corrected chi connectivity index (χ2v) is 3.57. The van der Waals surface area contributed by atoms with Gasteiger partial charge in [0.1, 0.15) is 0 Å². The van der Waals surface area contributed by atoms with E-state index in [1.807, 2.05) is 6.92 Å². The third-order valence-electron chi connectivity index (χ3n) is 2.08. The van der Waals surface area contributed by atoms with Crippen LogP contribution in [0.25, 0.3) is 0 Å². The summed E-state index contributed by atoms with van der Waals surface area (Å²) in [5.41, 5.74) is -0.188. The molecule has 0 aromatic carbocycles. The third kappa shape index (κ3) is 2.67. The van der Waals surface area contributed by atoms with Crippen LogP contribution in [0.3, 0.4) is 0 Å². The molecule has 1 heterocycles. The molecule has 0 aromatic rings. The number of carbonyl (C=O) groups excluding carboxylic acids is 1. The second kappa shape index (κ2) is 4.07. The van der Waals surface area contributed by atoms with Gasteiger partial charge in [-0.25, -0.2) is 4.79 Å². The van der Waals surface area contributed by atoms with Crippen LogP contribution in [0.15, 0.2) is 0 Å². The van der Waals surface area contributed by atoms with Crippen molar-refractivity contribution in [3.05, 3.63) is 0 Å². The lowest BCUT2D eigenvalue weighted by atomic mass is 10.00. The van der Waals surface area contributed by atoms with Gasteiger partial charge in [-0.3, -0.25) is 0 Å². The van der Waals surface area contributed by atoms with Crippen LogP contribution in [0.4, 0.5) is 0 Å². The van der Waals surface area contributed by atoms with Crippen molar-refractivity contribution in [3.63, 3.8) is 0 Å². The van der Waals surface area contributed by atoms with Gasteiger partial charge >= 0.3 is 5.97 Å². The smallest absolute Gasteiger partial charge is 0.334 e. The summed E-state index contributed by atoms with van der Waals surface area (Å²) < 4.78 is 10.4. The Morgan fingerprint density at radius 3 is 2.62 bits per heavy atom. The van der Waals surface area contributed by atoms with Gasteiger partial charge in [-0.2, -0.15) is 0 Å². The van der Waals surface area contributed by atoms with Crippen molar-refractivity contribution >= 4 is 5.97 Å². The Bertz CT molecular complexity index is 189.